The third-order valence-electron chi connectivity index (χ3n) is 6.62. The predicted molar refractivity (Wildman–Crippen MR) is 113 cm³/mol. The van der Waals surface area contributed by atoms with Gasteiger partial charge in [0.25, 0.3) is 0 Å². The highest BCUT2D eigenvalue weighted by atomic mass is 15.2. The highest BCUT2D eigenvalue weighted by molar-refractivity contribution is 5.01. The second-order valence-corrected chi connectivity index (χ2v) is 8.57. The minimum Gasteiger partial charge on any atom is -0.303 e. The average molecular weight is 401 g/mol. The molecule has 2 aliphatic heterocycles. The molecular weight excluding hydrogens is 364 g/mol. The topological polar surface area (TPSA) is 89.6 Å². The van der Waals surface area contributed by atoms with Crippen LogP contribution in [0, 0.1) is 0 Å². The highest BCUT2D eigenvalue weighted by Crippen LogP contribution is 2.27. The summed E-state index contributed by atoms with van der Waals surface area (Å²) in [4.78, 5) is 14.5. The summed E-state index contributed by atoms with van der Waals surface area (Å²) in [5.74, 6) is 5.15. The Morgan fingerprint density at radius 3 is 1.48 bits per heavy atom. The van der Waals surface area contributed by atoms with E-state index in [-0.39, 0.29) is 0 Å². The molecule has 29 heavy (non-hydrogen) atoms. The lowest BCUT2D eigenvalue weighted by atomic mass is 9.95. The molecule has 4 rings (SSSR count). The number of likely N-dealkylation sites (tertiary alicyclic amines) is 2. The molecule has 4 heterocycles. The summed E-state index contributed by atoms with van der Waals surface area (Å²) in [7, 11) is 0. The van der Waals surface area contributed by atoms with Crippen molar-refractivity contribution in [1.82, 2.24) is 40.2 Å². The standard InChI is InChI=1S/C21H36N8/c1-3-18-22-20(26-24-18)16-6-12-28(13-7-16)10-5-11-29-14-8-17(9-15-29)21-23-19(4-2)25-27-21/h16-17H,3-15H2,1-2H3,(H,22,24,26)(H,23,25,27). The number of hydrogen-bond acceptors (Lipinski definition) is 6. The van der Waals surface area contributed by atoms with E-state index in [1.807, 2.05) is 0 Å². The molecule has 0 saturated carbocycles. The van der Waals surface area contributed by atoms with Gasteiger partial charge in [0.1, 0.15) is 11.6 Å². The van der Waals surface area contributed by atoms with E-state index in [1.165, 1.54) is 71.4 Å². The van der Waals surface area contributed by atoms with Crippen molar-refractivity contribution in [3.05, 3.63) is 23.3 Å². The Bertz CT molecular complexity index is 675. The molecule has 0 atom stereocenters. The molecule has 0 bridgehead atoms. The first-order valence-corrected chi connectivity index (χ1v) is 11.5. The van der Waals surface area contributed by atoms with Gasteiger partial charge in [-0.1, -0.05) is 13.8 Å². The number of hydrogen-bond donors (Lipinski definition) is 2. The van der Waals surface area contributed by atoms with Crippen molar-refractivity contribution in [1.29, 1.82) is 0 Å². The van der Waals surface area contributed by atoms with Gasteiger partial charge in [-0.15, -0.1) is 0 Å². The van der Waals surface area contributed by atoms with Crippen LogP contribution < -0.4 is 0 Å². The molecule has 2 saturated heterocycles. The van der Waals surface area contributed by atoms with Crippen molar-refractivity contribution in [2.24, 2.45) is 0 Å². The van der Waals surface area contributed by atoms with Crippen molar-refractivity contribution in [2.45, 2.75) is 70.6 Å². The summed E-state index contributed by atoms with van der Waals surface area (Å²) < 4.78 is 0. The maximum absolute atomic E-state index is 4.63. The first kappa shape index (κ1) is 20.5. The molecule has 0 amide bonds. The fraction of sp³-hybridized carbons (Fsp3) is 0.810. The Labute approximate surface area is 173 Å². The van der Waals surface area contributed by atoms with E-state index in [2.05, 4.69) is 54.0 Å². The zero-order chi connectivity index (χ0) is 20.1. The molecule has 0 aromatic carbocycles. The first-order chi connectivity index (χ1) is 14.2. The zero-order valence-corrected chi connectivity index (χ0v) is 18.0. The van der Waals surface area contributed by atoms with Crippen molar-refractivity contribution in [2.75, 3.05) is 39.3 Å². The molecule has 2 fully saturated rings. The maximum Gasteiger partial charge on any atom is 0.153 e. The van der Waals surface area contributed by atoms with E-state index in [1.54, 1.807) is 0 Å². The SMILES string of the molecule is CCc1nc(C2CCN(CCCN3CCC(c4n[nH]c(CC)n4)CC3)CC2)n[nH]1. The molecule has 160 valence electrons. The molecule has 0 spiro atoms. The van der Waals surface area contributed by atoms with Crippen LogP contribution in [0.2, 0.25) is 0 Å². The highest BCUT2D eigenvalue weighted by Gasteiger charge is 2.25. The lowest BCUT2D eigenvalue weighted by Gasteiger charge is -2.33. The summed E-state index contributed by atoms with van der Waals surface area (Å²) >= 11 is 0. The van der Waals surface area contributed by atoms with Crippen LogP contribution in [0.3, 0.4) is 0 Å². The fourth-order valence-electron chi connectivity index (χ4n) is 4.65. The molecule has 2 aliphatic rings. The van der Waals surface area contributed by atoms with Crippen LogP contribution in [0.25, 0.3) is 0 Å². The van der Waals surface area contributed by atoms with Gasteiger partial charge in [-0.05, 0) is 71.4 Å². The monoisotopic (exact) mass is 400 g/mol. The lowest BCUT2D eigenvalue weighted by Crippen LogP contribution is -2.38. The summed E-state index contributed by atoms with van der Waals surface area (Å²) in [5, 5.41) is 15.0. The Hall–Kier alpha value is -1.80. The van der Waals surface area contributed by atoms with Gasteiger partial charge in [0.15, 0.2) is 11.6 Å². The minimum atomic E-state index is 0.533. The quantitative estimate of drug-likeness (QED) is 0.708. The van der Waals surface area contributed by atoms with Crippen LogP contribution in [-0.4, -0.2) is 79.4 Å². The van der Waals surface area contributed by atoms with Crippen LogP contribution in [0.15, 0.2) is 0 Å². The molecule has 0 unspecified atom stereocenters. The van der Waals surface area contributed by atoms with Gasteiger partial charge in [0, 0.05) is 24.7 Å². The second kappa shape index (κ2) is 9.80. The maximum atomic E-state index is 4.63. The third kappa shape index (κ3) is 5.22. The first-order valence-electron chi connectivity index (χ1n) is 11.5. The smallest absolute Gasteiger partial charge is 0.153 e. The minimum absolute atomic E-state index is 0.533. The molecule has 2 aromatic rings. The Kier molecular flexibility index (Phi) is 6.92. The van der Waals surface area contributed by atoms with Gasteiger partial charge in [0.05, 0.1) is 0 Å². The fourth-order valence-corrected chi connectivity index (χ4v) is 4.65. The Balaban J connectivity index is 1.12. The number of aromatic amines is 2. The summed E-state index contributed by atoms with van der Waals surface area (Å²) in [6.45, 7) is 11.3. The molecule has 2 N–H and O–H groups in total. The van der Waals surface area contributed by atoms with E-state index in [0.717, 1.165) is 36.1 Å². The zero-order valence-electron chi connectivity index (χ0n) is 18.0. The number of aryl methyl sites for hydroxylation is 2. The third-order valence-corrected chi connectivity index (χ3v) is 6.62. The molecule has 8 heteroatoms. The molecule has 2 aromatic heterocycles. The largest absolute Gasteiger partial charge is 0.303 e. The molecular formula is C21H36N8. The van der Waals surface area contributed by atoms with Crippen molar-refractivity contribution in [3.63, 3.8) is 0 Å². The molecule has 0 radical (unpaired) electrons. The Morgan fingerprint density at radius 2 is 1.14 bits per heavy atom. The van der Waals surface area contributed by atoms with E-state index in [9.17, 15) is 0 Å². The van der Waals surface area contributed by atoms with Crippen molar-refractivity contribution < 1.29 is 0 Å². The number of nitrogens with zero attached hydrogens (tertiary/aromatic N) is 6. The molecule has 8 nitrogen and oxygen atoms in total. The summed E-state index contributed by atoms with van der Waals surface area (Å²) in [5.41, 5.74) is 0. The average Bonchev–Trinajstić information content (AvgIpc) is 3.44. The van der Waals surface area contributed by atoms with Gasteiger partial charge in [-0.25, -0.2) is 9.97 Å². The molecule has 0 aliphatic carbocycles. The van der Waals surface area contributed by atoms with Crippen LogP contribution in [0.1, 0.15) is 81.1 Å². The van der Waals surface area contributed by atoms with Gasteiger partial charge in [-0.2, -0.15) is 10.2 Å². The number of piperidine rings is 2. The lowest BCUT2D eigenvalue weighted by molar-refractivity contribution is 0.172. The van der Waals surface area contributed by atoms with Gasteiger partial charge < -0.3 is 9.80 Å². The van der Waals surface area contributed by atoms with Crippen LogP contribution in [0.5, 0.6) is 0 Å². The van der Waals surface area contributed by atoms with E-state index >= 15 is 0 Å². The van der Waals surface area contributed by atoms with E-state index in [4.69, 9.17) is 0 Å². The van der Waals surface area contributed by atoms with Crippen molar-refractivity contribution >= 4 is 0 Å². The van der Waals surface area contributed by atoms with Crippen LogP contribution in [-0.2, 0) is 12.8 Å². The van der Waals surface area contributed by atoms with Gasteiger partial charge >= 0.3 is 0 Å². The van der Waals surface area contributed by atoms with Crippen LogP contribution >= 0.6 is 0 Å². The number of rotatable bonds is 8. The number of aromatic nitrogens is 6. The summed E-state index contributed by atoms with van der Waals surface area (Å²) in [6, 6.07) is 0. The van der Waals surface area contributed by atoms with E-state index < -0.39 is 0 Å². The second-order valence-electron chi connectivity index (χ2n) is 8.57. The van der Waals surface area contributed by atoms with Crippen molar-refractivity contribution in [3.8, 4) is 0 Å². The van der Waals surface area contributed by atoms with Gasteiger partial charge in [-0.3, -0.25) is 10.2 Å². The Morgan fingerprint density at radius 1 is 0.724 bits per heavy atom. The van der Waals surface area contributed by atoms with Gasteiger partial charge in [0.2, 0.25) is 0 Å². The number of nitrogens with one attached hydrogen (secondary N) is 2. The normalized spacial score (nSPS) is 20.5. The van der Waals surface area contributed by atoms with Crippen LogP contribution in [0.4, 0.5) is 0 Å². The summed E-state index contributed by atoms with van der Waals surface area (Å²) in [6.07, 6.45) is 7.86. The predicted octanol–water partition coefficient (Wildman–Crippen LogP) is 2.50. The number of H-pyrrole nitrogens is 2. The van der Waals surface area contributed by atoms with E-state index in [0.29, 0.717) is 11.8 Å².